The molecule has 0 aromatic heterocycles. The molecule has 0 rings (SSSR count). The molecule has 0 N–H and O–H groups in total. The highest BCUT2D eigenvalue weighted by Gasteiger charge is 2.01. The first kappa shape index (κ1) is 30.0. The van der Waals surface area contributed by atoms with E-state index < -0.39 is 5.97 Å². The van der Waals surface area contributed by atoms with Gasteiger partial charge in [0.15, 0.2) is 0 Å². The molecular weight excluding hydrogens is 404 g/mol. The van der Waals surface area contributed by atoms with Crippen LogP contribution in [0.15, 0.2) is 12.2 Å². The molecule has 0 heterocycles. The van der Waals surface area contributed by atoms with Gasteiger partial charge in [0.25, 0.3) is 0 Å². The second kappa shape index (κ2) is 25.2. The van der Waals surface area contributed by atoms with Crippen LogP contribution in [0.4, 0.5) is 0 Å². The van der Waals surface area contributed by atoms with Crippen LogP contribution in [0.1, 0.15) is 46.0 Å². The number of carbonyl (C=O) groups excluding carboxylic acids is 1. The number of unbranched alkanes of at least 4 members (excludes halogenated alkanes) is 4. The van der Waals surface area contributed by atoms with Crippen LogP contribution < -0.4 is 0 Å². The van der Waals surface area contributed by atoms with Gasteiger partial charge in [0, 0.05) is 12.2 Å². The molecule has 8 heteroatoms. The fourth-order valence-corrected chi connectivity index (χ4v) is 2.33. The Labute approximate surface area is 188 Å². The maximum Gasteiger partial charge on any atom is 0.333 e. The van der Waals surface area contributed by atoms with Crippen molar-refractivity contribution < 1.29 is 38.0 Å². The van der Waals surface area contributed by atoms with Crippen LogP contribution in [-0.2, 0) is 38.0 Å². The molecule has 0 radical (unpaired) electrons. The van der Waals surface area contributed by atoms with E-state index >= 15 is 0 Å². The molecule has 0 spiro atoms. The summed E-state index contributed by atoms with van der Waals surface area (Å²) in [5, 5.41) is 0. The third-order valence-electron chi connectivity index (χ3n) is 4.06. The summed E-state index contributed by atoms with van der Waals surface area (Å²) >= 11 is 0. The second-order valence-electron chi connectivity index (χ2n) is 7.00. The Bertz CT molecular complexity index is 403. The van der Waals surface area contributed by atoms with E-state index in [4.69, 9.17) is 33.2 Å². The van der Waals surface area contributed by atoms with E-state index in [-0.39, 0.29) is 6.61 Å². The molecule has 0 aliphatic heterocycles. The number of ether oxygens (including phenoxy) is 7. The van der Waals surface area contributed by atoms with Gasteiger partial charge in [-0.25, -0.2) is 4.79 Å². The van der Waals surface area contributed by atoms with E-state index in [0.29, 0.717) is 78.2 Å². The van der Waals surface area contributed by atoms with Gasteiger partial charge in [0.1, 0.15) is 6.61 Å². The number of esters is 1. The number of hydrogen-bond acceptors (Lipinski definition) is 8. The van der Waals surface area contributed by atoms with Crippen LogP contribution in [0.2, 0.25) is 0 Å². The predicted octanol–water partition coefficient (Wildman–Crippen LogP) is 3.18. The molecule has 8 nitrogen and oxygen atoms in total. The van der Waals surface area contributed by atoms with Gasteiger partial charge in [-0.3, -0.25) is 0 Å². The summed E-state index contributed by atoms with van der Waals surface area (Å²) in [6, 6.07) is 0. The van der Waals surface area contributed by atoms with Crippen molar-refractivity contribution in [1.82, 2.24) is 0 Å². The van der Waals surface area contributed by atoms with Crippen molar-refractivity contribution in [3.05, 3.63) is 12.2 Å². The first-order valence-electron chi connectivity index (χ1n) is 11.5. The van der Waals surface area contributed by atoms with E-state index in [2.05, 4.69) is 13.5 Å². The molecule has 0 aliphatic rings. The summed E-state index contributed by atoms with van der Waals surface area (Å²) in [6.07, 6.45) is 6.28. The number of rotatable bonds is 25. The van der Waals surface area contributed by atoms with Crippen molar-refractivity contribution in [1.29, 1.82) is 0 Å². The third-order valence-corrected chi connectivity index (χ3v) is 4.06. The van der Waals surface area contributed by atoms with E-state index in [1.54, 1.807) is 6.92 Å². The SMILES string of the molecule is C=C(C)C(=O)OCCOCCOCCOCCOCCOCCOCCCCCCC. The molecular formula is C23H44O8. The van der Waals surface area contributed by atoms with Crippen LogP contribution in [0, 0.1) is 0 Å². The standard InChI is InChI=1S/C23H44O8/c1-4-5-6-7-8-9-25-10-11-26-12-13-27-14-15-28-16-17-29-18-19-30-20-21-31-23(24)22(2)3/h2,4-21H2,1,3H3. The molecule has 184 valence electrons. The minimum Gasteiger partial charge on any atom is -0.460 e. The van der Waals surface area contributed by atoms with Crippen molar-refractivity contribution >= 4 is 5.97 Å². The maximum absolute atomic E-state index is 11.1. The molecule has 0 aliphatic carbocycles. The fourth-order valence-electron chi connectivity index (χ4n) is 2.33. The average molecular weight is 449 g/mol. The molecule has 0 fully saturated rings. The van der Waals surface area contributed by atoms with Crippen molar-refractivity contribution in [2.24, 2.45) is 0 Å². The zero-order chi connectivity index (χ0) is 22.8. The zero-order valence-electron chi connectivity index (χ0n) is 19.7. The van der Waals surface area contributed by atoms with Crippen molar-refractivity contribution in [3.8, 4) is 0 Å². The lowest BCUT2D eigenvalue weighted by atomic mass is 10.2. The highest BCUT2D eigenvalue weighted by atomic mass is 16.6. The summed E-state index contributed by atoms with van der Waals surface area (Å²) in [6.45, 7) is 14.0. The van der Waals surface area contributed by atoms with Gasteiger partial charge < -0.3 is 33.2 Å². The monoisotopic (exact) mass is 448 g/mol. The van der Waals surface area contributed by atoms with Gasteiger partial charge in [-0.1, -0.05) is 39.2 Å². The molecule has 0 bridgehead atoms. The van der Waals surface area contributed by atoms with Gasteiger partial charge in [-0.15, -0.1) is 0 Å². The number of carbonyl (C=O) groups is 1. The molecule has 0 aromatic carbocycles. The topological polar surface area (TPSA) is 81.7 Å². The molecule has 0 saturated heterocycles. The van der Waals surface area contributed by atoms with Crippen LogP contribution in [0.5, 0.6) is 0 Å². The van der Waals surface area contributed by atoms with Gasteiger partial charge in [0.2, 0.25) is 0 Å². The van der Waals surface area contributed by atoms with Crippen LogP contribution >= 0.6 is 0 Å². The largest absolute Gasteiger partial charge is 0.460 e. The first-order chi connectivity index (χ1) is 15.2. The Kier molecular flexibility index (Phi) is 24.4. The molecule has 0 aromatic rings. The summed E-state index contributed by atoms with van der Waals surface area (Å²) < 4.78 is 37.4. The molecule has 0 saturated carbocycles. The average Bonchev–Trinajstić information content (AvgIpc) is 2.76. The van der Waals surface area contributed by atoms with Crippen molar-refractivity contribution in [2.75, 3.05) is 85.9 Å². The Morgan fingerprint density at radius 3 is 1.29 bits per heavy atom. The summed E-state index contributed by atoms with van der Waals surface area (Å²) in [5.41, 5.74) is 0.381. The normalized spacial score (nSPS) is 11.0. The quantitative estimate of drug-likeness (QED) is 0.120. The zero-order valence-corrected chi connectivity index (χ0v) is 19.7. The van der Waals surface area contributed by atoms with Gasteiger partial charge in [0.05, 0.1) is 72.7 Å². The Morgan fingerprint density at radius 1 is 0.548 bits per heavy atom. The minimum atomic E-state index is -0.401. The molecule has 0 atom stereocenters. The highest BCUT2D eigenvalue weighted by Crippen LogP contribution is 2.02. The predicted molar refractivity (Wildman–Crippen MR) is 119 cm³/mol. The molecule has 0 amide bonds. The van der Waals surface area contributed by atoms with Gasteiger partial charge in [-0.05, 0) is 13.3 Å². The Morgan fingerprint density at radius 2 is 0.903 bits per heavy atom. The molecule has 0 unspecified atom stereocenters. The third kappa shape index (κ3) is 25.1. The first-order valence-corrected chi connectivity index (χ1v) is 11.5. The maximum atomic E-state index is 11.1. The van der Waals surface area contributed by atoms with E-state index in [0.717, 1.165) is 13.0 Å². The second-order valence-corrected chi connectivity index (χ2v) is 7.00. The van der Waals surface area contributed by atoms with Gasteiger partial charge in [-0.2, -0.15) is 0 Å². The smallest absolute Gasteiger partial charge is 0.333 e. The van der Waals surface area contributed by atoms with Crippen LogP contribution in [-0.4, -0.2) is 91.9 Å². The van der Waals surface area contributed by atoms with Crippen molar-refractivity contribution in [3.63, 3.8) is 0 Å². The summed E-state index contributed by atoms with van der Waals surface area (Å²) in [4.78, 5) is 11.1. The lowest BCUT2D eigenvalue weighted by Gasteiger charge is -2.08. The van der Waals surface area contributed by atoms with Crippen LogP contribution in [0.25, 0.3) is 0 Å². The van der Waals surface area contributed by atoms with E-state index in [1.165, 1.54) is 25.7 Å². The highest BCUT2D eigenvalue weighted by molar-refractivity contribution is 5.86. The Hall–Kier alpha value is -1.03. The Balaban J connectivity index is 3.05. The fraction of sp³-hybridized carbons (Fsp3) is 0.870. The summed E-state index contributed by atoms with van der Waals surface area (Å²) in [7, 11) is 0. The van der Waals surface area contributed by atoms with Crippen molar-refractivity contribution in [2.45, 2.75) is 46.0 Å². The van der Waals surface area contributed by atoms with E-state index in [9.17, 15) is 4.79 Å². The summed E-state index contributed by atoms with van der Waals surface area (Å²) in [5.74, 6) is -0.401. The number of hydrogen-bond donors (Lipinski definition) is 0. The van der Waals surface area contributed by atoms with Crippen LogP contribution in [0.3, 0.4) is 0 Å². The lowest BCUT2D eigenvalue weighted by molar-refractivity contribution is -0.140. The lowest BCUT2D eigenvalue weighted by Crippen LogP contribution is -2.15. The van der Waals surface area contributed by atoms with E-state index in [1.807, 2.05) is 0 Å². The van der Waals surface area contributed by atoms with Gasteiger partial charge >= 0.3 is 5.97 Å². The molecule has 31 heavy (non-hydrogen) atoms. The minimum absolute atomic E-state index is 0.215.